The molecule has 0 fully saturated rings. The Morgan fingerprint density at radius 1 is 1.07 bits per heavy atom. The topological polar surface area (TPSA) is 99.6 Å². The first-order chi connectivity index (χ1) is 13.5. The summed E-state index contributed by atoms with van der Waals surface area (Å²) in [4.78, 5) is 38.5. The van der Waals surface area contributed by atoms with Crippen molar-refractivity contribution in [3.8, 4) is 0 Å². The SMILES string of the molecule is Cn1c(=O)c2ncn(Cc3ccc4c(c3)Nc3nccnc3S4)c2n(C)c1=O. The predicted molar refractivity (Wildman–Crippen MR) is 105 cm³/mol. The minimum Gasteiger partial charge on any atom is -0.337 e. The van der Waals surface area contributed by atoms with E-state index in [1.54, 1.807) is 37.5 Å². The van der Waals surface area contributed by atoms with Crippen molar-refractivity contribution in [1.29, 1.82) is 0 Å². The summed E-state index contributed by atoms with van der Waals surface area (Å²) in [6.07, 6.45) is 4.92. The Labute approximate surface area is 162 Å². The molecule has 5 rings (SSSR count). The molecule has 0 spiro atoms. The first kappa shape index (κ1) is 16.8. The Hall–Kier alpha value is -3.40. The molecule has 10 heteroatoms. The maximum absolute atomic E-state index is 12.3. The summed E-state index contributed by atoms with van der Waals surface area (Å²) in [5.74, 6) is 0.733. The van der Waals surface area contributed by atoms with Crippen LogP contribution in [0.1, 0.15) is 5.56 Å². The number of aryl methyl sites for hydroxylation is 1. The van der Waals surface area contributed by atoms with Gasteiger partial charge in [-0.25, -0.2) is 19.7 Å². The van der Waals surface area contributed by atoms with Crippen LogP contribution in [0.25, 0.3) is 11.2 Å². The minimum absolute atomic E-state index is 0.278. The van der Waals surface area contributed by atoms with E-state index in [0.717, 1.165) is 31.6 Å². The molecule has 0 saturated heterocycles. The zero-order valence-electron chi connectivity index (χ0n) is 15.1. The van der Waals surface area contributed by atoms with Crippen molar-refractivity contribution in [3.63, 3.8) is 0 Å². The molecule has 0 amide bonds. The lowest BCUT2D eigenvalue weighted by Gasteiger charge is -2.19. The highest BCUT2D eigenvalue weighted by Gasteiger charge is 2.19. The van der Waals surface area contributed by atoms with E-state index in [0.29, 0.717) is 12.2 Å². The molecule has 0 atom stereocenters. The number of nitrogens with zero attached hydrogens (tertiary/aromatic N) is 6. The van der Waals surface area contributed by atoms with Crippen LogP contribution in [0.4, 0.5) is 11.5 Å². The Bertz CT molecular complexity index is 1370. The number of fused-ring (bicyclic) bond motifs is 3. The average molecular weight is 393 g/mol. The molecule has 0 unspecified atom stereocenters. The number of benzene rings is 1. The van der Waals surface area contributed by atoms with Crippen LogP contribution in [0.15, 0.2) is 56.4 Å². The summed E-state index contributed by atoms with van der Waals surface area (Å²) in [6.45, 7) is 0.476. The molecular weight excluding hydrogens is 378 g/mol. The number of aromatic nitrogens is 6. The minimum atomic E-state index is -0.393. The third-order valence-electron chi connectivity index (χ3n) is 4.73. The largest absolute Gasteiger partial charge is 0.337 e. The molecule has 1 aliphatic rings. The number of anilines is 2. The van der Waals surface area contributed by atoms with Gasteiger partial charge < -0.3 is 9.88 Å². The molecule has 4 aromatic rings. The summed E-state index contributed by atoms with van der Waals surface area (Å²) >= 11 is 1.56. The summed E-state index contributed by atoms with van der Waals surface area (Å²) in [6, 6.07) is 6.07. The maximum atomic E-state index is 12.3. The van der Waals surface area contributed by atoms with Crippen molar-refractivity contribution < 1.29 is 0 Å². The Morgan fingerprint density at radius 2 is 1.89 bits per heavy atom. The van der Waals surface area contributed by atoms with Crippen molar-refractivity contribution in [2.24, 2.45) is 14.1 Å². The van der Waals surface area contributed by atoms with Crippen LogP contribution in [0.2, 0.25) is 0 Å². The molecule has 0 saturated carbocycles. The van der Waals surface area contributed by atoms with Gasteiger partial charge in [0.15, 0.2) is 11.3 Å². The molecule has 0 bridgehead atoms. The van der Waals surface area contributed by atoms with Crippen LogP contribution in [0, 0.1) is 0 Å². The van der Waals surface area contributed by atoms with Gasteiger partial charge in [0.05, 0.1) is 18.6 Å². The van der Waals surface area contributed by atoms with Crippen molar-refractivity contribution in [1.82, 2.24) is 28.7 Å². The van der Waals surface area contributed by atoms with Gasteiger partial charge in [-0.05, 0) is 17.7 Å². The number of hydrogen-bond donors (Lipinski definition) is 1. The molecule has 28 heavy (non-hydrogen) atoms. The van der Waals surface area contributed by atoms with Gasteiger partial charge in [-0.1, -0.05) is 17.8 Å². The summed E-state index contributed by atoms with van der Waals surface area (Å²) in [5, 5.41) is 4.15. The molecule has 140 valence electrons. The highest BCUT2D eigenvalue weighted by atomic mass is 32.2. The first-order valence-electron chi connectivity index (χ1n) is 8.52. The van der Waals surface area contributed by atoms with Gasteiger partial charge in [0.2, 0.25) is 0 Å². The fourth-order valence-electron chi connectivity index (χ4n) is 3.33. The van der Waals surface area contributed by atoms with E-state index in [1.807, 2.05) is 22.8 Å². The van der Waals surface area contributed by atoms with Gasteiger partial charge in [0.1, 0.15) is 10.7 Å². The van der Waals surface area contributed by atoms with Crippen LogP contribution in [0.3, 0.4) is 0 Å². The number of rotatable bonds is 2. The second-order valence-corrected chi connectivity index (χ2v) is 7.55. The van der Waals surface area contributed by atoms with Gasteiger partial charge in [-0.15, -0.1) is 0 Å². The fourth-order valence-corrected chi connectivity index (χ4v) is 4.21. The van der Waals surface area contributed by atoms with Gasteiger partial charge in [-0.2, -0.15) is 0 Å². The summed E-state index contributed by atoms with van der Waals surface area (Å²) in [5.41, 5.74) is 1.97. The molecule has 3 aromatic heterocycles. The van der Waals surface area contributed by atoms with Crippen LogP contribution >= 0.6 is 11.8 Å². The van der Waals surface area contributed by atoms with E-state index >= 15 is 0 Å². The number of imidazole rings is 1. The third kappa shape index (κ3) is 2.45. The number of hydrogen-bond acceptors (Lipinski definition) is 7. The second-order valence-electron chi connectivity index (χ2n) is 6.52. The molecule has 9 nitrogen and oxygen atoms in total. The van der Waals surface area contributed by atoms with Gasteiger partial charge in [0, 0.05) is 31.4 Å². The molecule has 4 heterocycles. The lowest BCUT2D eigenvalue weighted by molar-refractivity contribution is 0.688. The molecule has 1 N–H and O–H groups in total. The van der Waals surface area contributed by atoms with Gasteiger partial charge in [-0.3, -0.25) is 13.9 Å². The van der Waals surface area contributed by atoms with E-state index in [9.17, 15) is 9.59 Å². The van der Waals surface area contributed by atoms with Crippen LogP contribution in [0.5, 0.6) is 0 Å². The molecule has 1 aromatic carbocycles. The zero-order valence-corrected chi connectivity index (χ0v) is 15.9. The van der Waals surface area contributed by atoms with Crippen molar-refractivity contribution >= 4 is 34.4 Å². The highest BCUT2D eigenvalue weighted by Crippen LogP contribution is 2.42. The monoisotopic (exact) mass is 393 g/mol. The molecular formula is C18H15N7O2S. The highest BCUT2D eigenvalue weighted by molar-refractivity contribution is 7.99. The van der Waals surface area contributed by atoms with Crippen LogP contribution < -0.4 is 16.6 Å². The molecule has 0 radical (unpaired) electrons. The number of nitrogens with one attached hydrogen (secondary N) is 1. The normalized spacial score (nSPS) is 12.5. The Morgan fingerprint density at radius 3 is 2.75 bits per heavy atom. The quantitative estimate of drug-likeness (QED) is 0.485. The fraction of sp³-hybridized carbons (Fsp3) is 0.167. The summed E-state index contributed by atoms with van der Waals surface area (Å²) in [7, 11) is 3.10. The first-order valence-corrected chi connectivity index (χ1v) is 9.34. The maximum Gasteiger partial charge on any atom is 0.332 e. The van der Waals surface area contributed by atoms with E-state index in [4.69, 9.17) is 0 Å². The van der Waals surface area contributed by atoms with Crippen molar-refractivity contribution in [3.05, 3.63) is 63.3 Å². The lowest BCUT2D eigenvalue weighted by Crippen LogP contribution is -2.37. The molecule has 1 aliphatic heterocycles. The predicted octanol–water partition coefficient (Wildman–Crippen LogP) is 1.48. The Kier molecular flexibility index (Phi) is 3.63. The van der Waals surface area contributed by atoms with E-state index in [-0.39, 0.29) is 11.2 Å². The second kappa shape index (κ2) is 6.06. The van der Waals surface area contributed by atoms with Crippen LogP contribution in [-0.2, 0) is 20.6 Å². The average Bonchev–Trinajstić information content (AvgIpc) is 3.12. The van der Waals surface area contributed by atoms with E-state index in [2.05, 4.69) is 20.3 Å². The van der Waals surface area contributed by atoms with Gasteiger partial charge >= 0.3 is 5.69 Å². The standard InChI is InChI=1S/C18H15N7O2S/c1-23-16-13(17(26)24(2)18(23)27)21-9-25(16)8-10-3-4-12-11(7-10)22-14-15(28-12)20-6-5-19-14/h3-7,9H,8H2,1-2H3,(H,19,22). The van der Waals surface area contributed by atoms with Gasteiger partial charge in [0.25, 0.3) is 5.56 Å². The lowest BCUT2D eigenvalue weighted by atomic mass is 10.2. The summed E-state index contributed by atoms with van der Waals surface area (Å²) < 4.78 is 4.32. The Balaban J connectivity index is 1.55. The smallest absolute Gasteiger partial charge is 0.332 e. The van der Waals surface area contributed by atoms with Crippen LogP contribution in [-0.4, -0.2) is 28.7 Å². The zero-order chi connectivity index (χ0) is 19.4. The van der Waals surface area contributed by atoms with Crippen molar-refractivity contribution in [2.45, 2.75) is 16.5 Å². The molecule has 0 aliphatic carbocycles. The van der Waals surface area contributed by atoms with E-state index < -0.39 is 5.56 Å². The van der Waals surface area contributed by atoms with E-state index in [1.165, 1.54) is 11.6 Å². The third-order valence-corrected chi connectivity index (χ3v) is 5.80. The van der Waals surface area contributed by atoms with Crippen molar-refractivity contribution in [2.75, 3.05) is 5.32 Å².